The zero-order valence-electron chi connectivity index (χ0n) is 14.7. The minimum absolute atomic E-state index is 0.0626. The molecular formula is C19H28N2O2. The number of unbranched alkanes of at least 4 members (excludes halogenated alkanes) is 1. The second kappa shape index (κ2) is 7.16. The maximum Gasteiger partial charge on any atom is 0.229 e. The number of rotatable bonds is 5. The lowest BCUT2D eigenvalue weighted by Gasteiger charge is -2.31. The molecule has 1 atom stereocenters. The molecule has 1 N–H and O–H groups in total. The van der Waals surface area contributed by atoms with Gasteiger partial charge in [-0.25, -0.2) is 0 Å². The lowest BCUT2D eigenvalue weighted by atomic mass is 10.1. The highest BCUT2D eigenvalue weighted by Crippen LogP contribution is 2.26. The molecule has 0 radical (unpaired) electrons. The minimum Gasteiger partial charge on any atom is -0.337 e. The summed E-state index contributed by atoms with van der Waals surface area (Å²) in [6, 6.07) is 8.02. The van der Waals surface area contributed by atoms with Crippen LogP contribution in [0.15, 0.2) is 24.3 Å². The van der Waals surface area contributed by atoms with E-state index in [2.05, 4.69) is 24.4 Å². The van der Waals surface area contributed by atoms with Gasteiger partial charge in [-0.15, -0.1) is 0 Å². The highest BCUT2D eigenvalue weighted by Gasteiger charge is 2.39. The van der Waals surface area contributed by atoms with Crippen molar-refractivity contribution in [1.29, 1.82) is 0 Å². The first-order valence-corrected chi connectivity index (χ1v) is 8.51. The van der Waals surface area contributed by atoms with Crippen LogP contribution in [-0.2, 0) is 16.0 Å². The zero-order chi connectivity index (χ0) is 17.0. The van der Waals surface area contributed by atoms with Crippen LogP contribution in [0.4, 0.5) is 5.69 Å². The first-order valence-electron chi connectivity index (χ1n) is 8.51. The molecule has 1 saturated heterocycles. The quantitative estimate of drug-likeness (QED) is 0.902. The molecule has 0 aromatic heterocycles. The number of nitrogens with zero attached hydrogens (tertiary/aromatic N) is 1. The molecule has 0 aliphatic carbocycles. The maximum atomic E-state index is 12.4. The Labute approximate surface area is 139 Å². The van der Waals surface area contributed by atoms with Crippen LogP contribution in [0, 0.1) is 5.92 Å². The molecule has 0 saturated carbocycles. The van der Waals surface area contributed by atoms with Crippen LogP contribution in [0.3, 0.4) is 0 Å². The number of anilines is 1. The van der Waals surface area contributed by atoms with Gasteiger partial charge in [0.25, 0.3) is 0 Å². The van der Waals surface area contributed by atoms with E-state index in [9.17, 15) is 9.59 Å². The van der Waals surface area contributed by atoms with E-state index in [1.165, 1.54) is 18.4 Å². The number of hydrogen-bond donors (Lipinski definition) is 1. The van der Waals surface area contributed by atoms with E-state index in [1.807, 2.05) is 32.9 Å². The third-order valence-electron chi connectivity index (χ3n) is 4.35. The molecule has 1 aliphatic heterocycles. The van der Waals surface area contributed by atoms with Crippen molar-refractivity contribution in [1.82, 2.24) is 4.90 Å². The van der Waals surface area contributed by atoms with Crippen LogP contribution in [0.5, 0.6) is 0 Å². The van der Waals surface area contributed by atoms with Gasteiger partial charge >= 0.3 is 0 Å². The Morgan fingerprint density at radius 3 is 2.43 bits per heavy atom. The highest BCUT2D eigenvalue weighted by atomic mass is 16.2. The van der Waals surface area contributed by atoms with Crippen LogP contribution in [-0.4, -0.2) is 28.8 Å². The number of amides is 2. The van der Waals surface area contributed by atoms with E-state index in [4.69, 9.17) is 0 Å². The first-order chi connectivity index (χ1) is 10.8. The van der Waals surface area contributed by atoms with Crippen molar-refractivity contribution in [2.24, 2.45) is 5.92 Å². The molecule has 4 nitrogen and oxygen atoms in total. The minimum atomic E-state index is -0.263. The SMILES string of the molecule is CCCCc1ccc(NC(=O)C2CC(=O)N(C(C)(C)C)C2)cc1. The highest BCUT2D eigenvalue weighted by molar-refractivity contribution is 5.97. The van der Waals surface area contributed by atoms with Crippen LogP contribution >= 0.6 is 0 Å². The van der Waals surface area contributed by atoms with Crippen molar-refractivity contribution >= 4 is 17.5 Å². The summed E-state index contributed by atoms with van der Waals surface area (Å²) < 4.78 is 0. The molecule has 23 heavy (non-hydrogen) atoms. The van der Waals surface area contributed by atoms with Crippen LogP contribution < -0.4 is 5.32 Å². The lowest BCUT2D eigenvalue weighted by Crippen LogP contribution is -2.42. The van der Waals surface area contributed by atoms with E-state index in [-0.39, 0.29) is 23.3 Å². The molecule has 1 unspecified atom stereocenters. The van der Waals surface area contributed by atoms with E-state index in [0.29, 0.717) is 13.0 Å². The third-order valence-corrected chi connectivity index (χ3v) is 4.35. The van der Waals surface area contributed by atoms with Gasteiger partial charge in [-0.05, 0) is 51.3 Å². The van der Waals surface area contributed by atoms with E-state index >= 15 is 0 Å². The van der Waals surface area contributed by atoms with Gasteiger partial charge in [0, 0.05) is 24.2 Å². The number of carbonyl (C=O) groups is 2. The summed E-state index contributed by atoms with van der Waals surface area (Å²) in [6.45, 7) is 8.68. The number of nitrogens with one attached hydrogen (secondary N) is 1. The van der Waals surface area contributed by atoms with E-state index in [1.54, 1.807) is 4.90 Å². The molecule has 1 aliphatic rings. The fourth-order valence-corrected chi connectivity index (χ4v) is 2.91. The average molecular weight is 316 g/mol. The number of carbonyl (C=O) groups excluding carboxylic acids is 2. The Hall–Kier alpha value is -1.84. The standard InChI is InChI=1S/C19H28N2O2/c1-5-6-7-14-8-10-16(11-9-14)20-18(23)15-12-17(22)21(13-15)19(2,3)4/h8-11,15H,5-7,12-13H2,1-4H3,(H,20,23). The average Bonchev–Trinajstić information content (AvgIpc) is 2.89. The fourth-order valence-electron chi connectivity index (χ4n) is 2.91. The summed E-state index contributed by atoms with van der Waals surface area (Å²) in [5, 5.41) is 2.94. The summed E-state index contributed by atoms with van der Waals surface area (Å²) in [5.74, 6) is -0.263. The molecule has 0 spiro atoms. The van der Waals surface area contributed by atoms with Crippen molar-refractivity contribution < 1.29 is 9.59 Å². The fraction of sp³-hybridized carbons (Fsp3) is 0.579. The van der Waals surface area contributed by atoms with Gasteiger partial charge in [-0.2, -0.15) is 0 Å². The van der Waals surface area contributed by atoms with Crippen LogP contribution in [0.25, 0.3) is 0 Å². The van der Waals surface area contributed by atoms with Gasteiger partial charge in [0.2, 0.25) is 11.8 Å². The summed E-state index contributed by atoms with van der Waals surface area (Å²) in [7, 11) is 0. The Morgan fingerprint density at radius 2 is 1.91 bits per heavy atom. The number of hydrogen-bond acceptors (Lipinski definition) is 2. The molecule has 2 rings (SSSR count). The van der Waals surface area contributed by atoms with E-state index < -0.39 is 0 Å². The Morgan fingerprint density at radius 1 is 1.26 bits per heavy atom. The second-order valence-electron chi connectivity index (χ2n) is 7.37. The molecule has 0 bridgehead atoms. The zero-order valence-corrected chi connectivity index (χ0v) is 14.7. The first kappa shape index (κ1) is 17.5. The Kier molecular flexibility index (Phi) is 5.45. The van der Waals surface area contributed by atoms with E-state index in [0.717, 1.165) is 12.1 Å². The van der Waals surface area contributed by atoms with Crippen LogP contribution in [0.2, 0.25) is 0 Å². The van der Waals surface area contributed by atoms with Crippen LogP contribution in [0.1, 0.15) is 52.5 Å². The smallest absolute Gasteiger partial charge is 0.229 e. The number of likely N-dealkylation sites (tertiary alicyclic amines) is 1. The molecular weight excluding hydrogens is 288 g/mol. The molecule has 1 aromatic rings. The molecule has 1 aromatic carbocycles. The van der Waals surface area contributed by atoms with Gasteiger partial charge in [-0.3, -0.25) is 9.59 Å². The summed E-state index contributed by atoms with van der Waals surface area (Å²) in [5.41, 5.74) is 1.87. The van der Waals surface area contributed by atoms with Gasteiger partial charge < -0.3 is 10.2 Å². The Bertz CT molecular complexity index is 558. The molecule has 126 valence electrons. The van der Waals surface area contributed by atoms with Gasteiger partial charge in [0.15, 0.2) is 0 Å². The van der Waals surface area contributed by atoms with Crippen molar-refractivity contribution in [3.8, 4) is 0 Å². The normalized spacial score (nSPS) is 18.3. The molecule has 1 fully saturated rings. The second-order valence-corrected chi connectivity index (χ2v) is 7.37. The molecule has 4 heteroatoms. The Balaban J connectivity index is 1.93. The lowest BCUT2D eigenvalue weighted by molar-refractivity contribution is -0.131. The number of benzene rings is 1. The van der Waals surface area contributed by atoms with Gasteiger partial charge in [-0.1, -0.05) is 25.5 Å². The predicted molar refractivity (Wildman–Crippen MR) is 93.3 cm³/mol. The van der Waals surface area contributed by atoms with Crippen molar-refractivity contribution in [2.75, 3.05) is 11.9 Å². The molecule has 2 amide bonds. The van der Waals surface area contributed by atoms with Crippen molar-refractivity contribution in [3.05, 3.63) is 29.8 Å². The van der Waals surface area contributed by atoms with Crippen molar-refractivity contribution in [2.45, 2.75) is 58.9 Å². The summed E-state index contributed by atoms with van der Waals surface area (Å²) in [6.07, 6.45) is 3.73. The van der Waals surface area contributed by atoms with Gasteiger partial charge in [0.05, 0.1) is 5.92 Å². The maximum absolute atomic E-state index is 12.4. The number of aryl methyl sites for hydroxylation is 1. The monoisotopic (exact) mass is 316 g/mol. The van der Waals surface area contributed by atoms with Gasteiger partial charge in [0.1, 0.15) is 0 Å². The summed E-state index contributed by atoms with van der Waals surface area (Å²) in [4.78, 5) is 26.3. The largest absolute Gasteiger partial charge is 0.337 e. The van der Waals surface area contributed by atoms with Crippen molar-refractivity contribution in [3.63, 3.8) is 0 Å². The predicted octanol–water partition coefficient (Wildman–Crippen LogP) is 3.61. The topological polar surface area (TPSA) is 49.4 Å². The third kappa shape index (κ3) is 4.57. The molecule has 1 heterocycles. The summed E-state index contributed by atoms with van der Waals surface area (Å²) >= 11 is 0.